The van der Waals surface area contributed by atoms with Crippen LogP contribution in [0.4, 0.5) is 0 Å². The van der Waals surface area contributed by atoms with Crippen LogP contribution in [0, 0.1) is 0 Å². The van der Waals surface area contributed by atoms with Crippen LogP contribution in [0.15, 0.2) is 24.4 Å². The van der Waals surface area contributed by atoms with Crippen molar-refractivity contribution in [3.63, 3.8) is 0 Å². The zero-order valence-corrected chi connectivity index (χ0v) is 13.6. The second-order valence-electron chi connectivity index (χ2n) is 5.37. The van der Waals surface area contributed by atoms with Crippen molar-refractivity contribution in [2.75, 3.05) is 13.2 Å². The Kier molecular flexibility index (Phi) is 5.47. The Balaban J connectivity index is 2.15. The maximum atomic E-state index is 10.9. The second-order valence-corrected chi connectivity index (χ2v) is 6.39. The lowest BCUT2D eigenvalue weighted by molar-refractivity contribution is 0.105. The van der Waals surface area contributed by atoms with Crippen molar-refractivity contribution in [3.05, 3.63) is 24.4 Å². The maximum Gasteiger partial charge on any atom is 0.446 e. The van der Waals surface area contributed by atoms with Gasteiger partial charge < -0.3 is 24.3 Å². The third kappa shape index (κ3) is 5.10. The molecule has 2 rings (SSSR count). The lowest BCUT2D eigenvalue weighted by Gasteiger charge is -2.15. The van der Waals surface area contributed by atoms with Gasteiger partial charge in [0.25, 0.3) is 0 Å². The summed E-state index contributed by atoms with van der Waals surface area (Å²) in [5, 5.41) is 13.3. The average molecular weight is 344 g/mol. The van der Waals surface area contributed by atoms with E-state index in [1.165, 1.54) is 6.20 Å². The van der Waals surface area contributed by atoms with E-state index in [0.717, 1.165) is 0 Å². The molecule has 1 aromatic heterocycles. The summed E-state index contributed by atoms with van der Waals surface area (Å²) in [7, 11) is -4.64. The van der Waals surface area contributed by atoms with Gasteiger partial charge in [-0.15, -0.1) is 0 Å². The lowest BCUT2D eigenvalue weighted by atomic mass is 10.2. The molecule has 0 saturated heterocycles. The number of hydrogen-bond donors (Lipinski definition) is 4. The van der Waals surface area contributed by atoms with Gasteiger partial charge in [0.1, 0.15) is 18.5 Å². The molecule has 128 valence electrons. The highest BCUT2D eigenvalue weighted by Gasteiger charge is 2.17. The molecule has 0 aliphatic rings. The fraction of sp³-hybridized carbons (Fsp3) is 0.429. The van der Waals surface area contributed by atoms with Gasteiger partial charge in [-0.1, -0.05) is 19.9 Å². The number of aliphatic hydroxyl groups is 1. The van der Waals surface area contributed by atoms with E-state index in [4.69, 9.17) is 9.29 Å². The standard InChI is InChI=1S/C14H20N2O6S/c1-9(2)15-6-10(17)8-21-12-5-3-4-11-14(12)13(7-16-11)22-23(18,19)20/h3-5,7,9-10,15-17H,6,8H2,1-2H3,(H,18,19,20). The fourth-order valence-electron chi connectivity index (χ4n) is 2.04. The highest BCUT2D eigenvalue weighted by Crippen LogP contribution is 2.34. The van der Waals surface area contributed by atoms with Crippen molar-refractivity contribution < 1.29 is 27.0 Å². The Morgan fingerprint density at radius 2 is 2.04 bits per heavy atom. The van der Waals surface area contributed by atoms with E-state index in [-0.39, 0.29) is 18.4 Å². The molecular formula is C14H20N2O6S. The molecule has 2 aromatic rings. The largest absolute Gasteiger partial charge is 0.490 e. The number of nitrogens with one attached hydrogen (secondary N) is 2. The zero-order chi connectivity index (χ0) is 17.0. The smallest absolute Gasteiger partial charge is 0.446 e. The quantitative estimate of drug-likeness (QED) is 0.529. The normalized spacial score (nSPS) is 13.4. The Morgan fingerprint density at radius 3 is 2.70 bits per heavy atom. The molecule has 0 aliphatic carbocycles. The first-order chi connectivity index (χ1) is 10.8. The van der Waals surface area contributed by atoms with Gasteiger partial charge >= 0.3 is 10.4 Å². The van der Waals surface area contributed by atoms with E-state index < -0.39 is 16.5 Å². The van der Waals surface area contributed by atoms with E-state index in [1.807, 2.05) is 13.8 Å². The minimum atomic E-state index is -4.64. The number of aliphatic hydroxyl groups excluding tert-OH is 1. The predicted octanol–water partition coefficient (Wildman–Crippen LogP) is 1.09. The lowest BCUT2D eigenvalue weighted by Crippen LogP contribution is -2.35. The molecule has 1 heterocycles. The van der Waals surface area contributed by atoms with Gasteiger partial charge in [-0.05, 0) is 12.1 Å². The minimum absolute atomic E-state index is 0.0231. The van der Waals surface area contributed by atoms with Crippen LogP contribution in [0.1, 0.15) is 13.8 Å². The van der Waals surface area contributed by atoms with Gasteiger partial charge in [0.05, 0.1) is 10.9 Å². The van der Waals surface area contributed by atoms with Crippen LogP contribution in [0.5, 0.6) is 11.5 Å². The Labute approximate surface area is 134 Å². The number of hydrogen-bond acceptors (Lipinski definition) is 6. The van der Waals surface area contributed by atoms with Crippen LogP contribution in [0.2, 0.25) is 0 Å². The first-order valence-corrected chi connectivity index (χ1v) is 8.44. The Hall–Kier alpha value is -1.81. The number of aromatic nitrogens is 1. The van der Waals surface area contributed by atoms with Crippen molar-refractivity contribution in [3.8, 4) is 11.5 Å². The van der Waals surface area contributed by atoms with Gasteiger partial charge in [0.15, 0.2) is 5.75 Å². The van der Waals surface area contributed by atoms with Crippen LogP contribution in [-0.2, 0) is 10.4 Å². The van der Waals surface area contributed by atoms with Crippen molar-refractivity contribution in [1.82, 2.24) is 10.3 Å². The van der Waals surface area contributed by atoms with Crippen LogP contribution in [0.3, 0.4) is 0 Å². The molecule has 1 aromatic carbocycles. The molecule has 1 unspecified atom stereocenters. The molecule has 0 aliphatic heterocycles. The van der Waals surface area contributed by atoms with Crippen LogP contribution in [0.25, 0.3) is 10.9 Å². The zero-order valence-electron chi connectivity index (χ0n) is 12.8. The topological polar surface area (TPSA) is 121 Å². The summed E-state index contributed by atoms with van der Waals surface area (Å²) in [4.78, 5) is 2.82. The molecule has 8 nitrogen and oxygen atoms in total. The van der Waals surface area contributed by atoms with Gasteiger partial charge in [-0.3, -0.25) is 4.55 Å². The monoisotopic (exact) mass is 344 g/mol. The molecule has 0 spiro atoms. The van der Waals surface area contributed by atoms with Gasteiger partial charge in [-0.25, -0.2) is 0 Å². The van der Waals surface area contributed by atoms with E-state index in [9.17, 15) is 13.5 Å². The summed E-state index contributed by atoms with van der Waals surface area (Å²) in [6.07, 6.45) is 0.583. The molecule has 4 N–H and O–H groups in total. The summed E-state index contributed by atoms with van der Waals surface area (Å²) in [6, 6.07) is 5.28. The van der Waals surface area contributed by atoms with Gasteiger partial charge in [-0.2, -0.15) is 8.42 Å². The number of rotatable bonds is 8. The van der Waals surface area contributed by atoms with Gasteiger partial charge in [0, 0.05) is 18.8 Å². The molecule has 23 heavy (non-hydrogen) atoms. The first-order valence-electron chi connectivity index (χ1n) is 7.07. The fourth-order valence-corrected chi connectivity index (χ4v) is 2.40. The Morgan fingerprint density at radius 1 is 1.30 bits per heavy atom. The molecule has 0 radical (unpaired) electrons. The number of ether oxygens (including phenoxy) is 1. The summed E-state index contributed by atoms with van der Waals surface area (Å²) >= 11 is 0. The van der Waals surface area contributed by atoms with Crippen molar-refractivity contribution >= 4 is 21.3 Å². The molecule has 0 bridgehead atoms. The average Bonchev–Trinajstić information content (AvgIpc) is 2.84. The van der Waals surface area contributed by atoms with Crippen molar-refractivity contribution in [2.24, 2.45) is 0 Å². The van der Waals surface area contributed by atoms with E-state index >= 15 is 0 Å². The van der Waals surface area contributed by atoms with E-state index in [1.54, 1.807) is 18.2 Å². The second kappa shape index (κ2) is 7.18. The Bertz CT molecular complexity index is 756. The number of benzene rings is 1. The maximum absolute atomic E-state index is 10.9. The highest BCUT2D eigenvalue weighted by molar-refractivity contribution is 7.81. The summed E-state index contributed by atoms with van der Waals surface area (Å²) in [5.41, 5.74) is 0.580. The summed E-state index contributed by atoms with van der Waals surface area (Å²) in [6.45, 7) is 4.32. The van der Waals surface area contributed by atoms with Crippen LogP contribution >= 0.6 is 0 Å². The molecule has 0 saturated carbocycles. The number of fused-ring (bicyclic) bond motifs is 1. The third-order valence-corrected chi connectivity index (χ3v) is 3.41. The summed E-state index contributed by atoms with van der Waals surface area (Å²) < 4.78 is 40.7. The first kappa shape index (κ1) is 17.5. The summed E-state index contributed by atoms with van der Waals surface area (Å²) in [5.74, 6) is 0.263. The number of H-pyrrole nitrogens is 1. The van der Waals surface area contributed by atoms with Crippen molar-refractivity contribution in [2.45, 2.75) is 26.0 Å². The molecule has 0 amide bonds. The van der Waals surface area contributed by atoms with Crippen LogP contribution < -0.4 is 14.2 Å². The molecular weight excluding hydrogens is 324 g/mol. The highest BCUT2D eigenvalue weighted by atomic mass is 32.3. The number of aromatic amines is 1. The SMILES string of the molecule is CC(C)NCC(O)COc1cccc2[nH]cc(OS(=O)(=O)O)c12. The molecule has 9 heteroatoms. The molecule has 1 atom stereocenters. The third-order valence-electron chi connectivity index (χ3n) is 3.02. The van der Waals surface area contributed by atoms with E-state index in [2.05, 4.69) is 14.5 Å². The van der Waals surface area contributed by atoms with Crippen molar-refractivity contribution in [1.29, 1.82) is 0 Å². The van der Waals surface area contributed by atoms with Crippen LogP contribution in [-0.4, -0.2) is 48.4 Å². The van der Waals surface area contributed by atoms with E-state index in [0.29, 0.717) is 23.2 Å². The van der Waals surface area contributed by atoms with Gasteiger partial charge in [0.2, 0.25) is 0 Å². The minimum Gasteiger partial charge on any atom is -0.490 e. The predicted molar refractivity (Wildman–Crippen MR) is 85.1 cm³/mol. The molecule has 0 fully saturated rings.